The lowest BCUT2D eigenvalue weighted by Crippen LogP contribution is -2.33. The molecule has 0 atom stereocenters. The van der Waals surface area contributed by atoms with E-state index in [9.17, 15) is 4.79 Å². The standard InChI is InChI=1S/C13H18BrNO2/c1-17-10-9-15(13(16)7-8-14)11-12-5-3-2-4-6-12/h2-6H,7-11H2,1H3. The highest BCUT2D eigenvalue weighted by molar-refractivity contribution is 9.09. The van der Waals surface area contributed by atoms with E-state index >= 15 is 0 Å². The van der Waals surface area contributed by atoms with Crippen LogP contribution < -0.4 is 0 Å². The smallest absolute Gasteiger partial charge is 0.223 e. The van der Waals surface area contributed by atoms with E-state index in [1.165, 1.54) is 0 Å². The van der Waals surface area contributed by atoms with Crippen molar-refractivity contribution in [1.29, 1.82) is 0 Å². The van der Waals surface area contributed by atoms with E-state index in [2.05, 4.69) is 15.9 Å². The number of benzene rings is 1. The molecule has 1 amide bonds. The predicted octanol–water partition coefficient (Wildman–Crippen LogP) is 2.45. The first kappa shape index (κ1) is 14.2. The summed E-state index contributed by atoms with van der Waals surface area (Å²) in [5, 5.41) is 0.699. The molecule has 0 N–H and O–H groups in total. The van der Waals surface area contributed by atoms with Crippen LogP contribution in [-0.4, -0.2) is 36.4 Å². The second kappa shape index (κ2) is 8.25. The number of halogens is 1. The monoisotopic (exact) mass is 299 g/mol. The molecule has 0 unspecified atom stereocenters. The Balaban J connectivity index is 2.59. The van der Waals surface area contributed by atoms with Gasteiger partial charge >= 0.3 is 0 Å². The van der Waals surface area contributed by atoms with Gasteiger partial charge in [0.05, 0.1) is 6.61 Å². The Labute approximate surface area is 111 Å². The van der Waals surface area contributed by atoms with Crippen molar-refractivity contribution < 1.29 is 9.53 Å². The largest absolute Gasteiger partial charge is 0.383 e. The summed E-state index contributed by atoms with van der Waals surface area (Å²) in [5.41, 5.74) is 1.14. The van der Waals surface area contributed by atoms with Crippen LogP contribution in [0.15, 0.2) is 30.3 Å². The Kier molecular flexibility index (Phi) is 6.89. The lowest BCUT2D eigenvalue weighted by molar-refractivity contribution is -0.132. The molecule has 0 saturated carbocycles. The summed E-state index contributed by atoms with van der Waals surface area (Å²) in [5.74, 6) is 0.155. The minimum atomic E-state index is 0.155. The Morgan fingerprint density at radius 2 is 2.06 bits per heavy atom. The van der Waals surface area contributed by atoms with Crippen LogP contribution in [0.25, 0.3) is 0 Å². The molecule has 0 saturated heterocycles. The number of rotatable bonds is 7. The van der Waals surface area contributed by atoms with Gasteiger partial charge in [0, 0.05) is 32.0 Å². The van der Waals surface area contributed by atoms with E-state index < -0.39 is 0 Å². The van der Waals surface area contributed by atoms with E-state index in [0.29, 0.717) is 31.4 Å². The van der Waals surface area contributed by atoms with Gasteiger partial charge in [0.15, 0.2) is 0 Å². The summed E-state index contributed by atoms with van der Waals surface area (Å²) in [7, 11) is 1.65. The number of hydrogen-bond acceptors (Lipinski definition) is 2. The van der Waals surface area contributed by atoms with Gasteiger partial charge < -0.3 is 9.64 Å². The molecule has 0 aliphatic carbocycles. The number of ether oxygens (including phenoxy) is 1. The van der Waals surface area contributed by atoms with Crippen LogP contribution in [0.3, 0.4) is 0 Å². The van der Waals surface area contributed by atoms with Gasteiger partial charge in [0.2, 0.25) is 5.91 Å². The maximum Gasteiger partial charge on any atom is 0.223 e. The van der Waals surface area contributed by atoms with E-state index in [1.807, 2.05) is 35.2 Å². The molecule has 0 aliphatic rings. The summed E-state index contributed by atoms with van der Waals surface area (Å²) in [6, 6.07) is 10.0. The Morgan fingerprint density at radius 1 is 1.35 bits per heavy atom. The van der Waals surface area contributed by atoms with Gasteiger partial charge in [-0.25, -0.2) is 0 Å². The van der Waals surface area contributed by atoms with Gasteiger partial charge in [-0.2, -0.15) is 0 Å². The van der Waals surface area contributed by atoms with Gasteiger partial charge in [-0.3, -0.25) is 4.79 Å². The van der Waals surface area contributed by atoms with E-state index in [1.54, 1.807) is 7.11 Å². The number of nitrogens with zero attached hydrogens (tertiary/aromatic N) is 1. The molecule has 0 heterocycles. The molecule has 94 valence electrons. The fraction of sp³-hybridized carbons (Fsp3) is 0.462. The van der Waals surface area contributed by atoms with E-state index in [0.717, 1.165) is 5.56 Å². The molecular weight excluding hydrogens is 282 g/mol. The van der Waals surface area contributed by atoms with Crippen LogP contribution in [-0.2, 0) is 16.1 Å². The first-order valence-electron chi connectivity index (χ1n) is 5.64. The summed E-state index contributed by atoms with van der Waals surface area (Å²) < 4.78 is 5.03. The Hall–Kier alpha value is -0.870. The molecule has 0 spiro atoms. The SMILES string of the molecule is COCCN(Cc1ccccc1)C(=O)CCBr. The molecule has 0 aliphatic heterocycles. The lowest BCUT2D eigenvalue weighted by atomic mass is 10.2. The van der Waals surface area contributed by atoms with Gasteiger partial charge in [-0.1, -0.05) is 46.3 Å². The van der Waals surface area contributed by atoms with Crippen LogP contribution in [0, 0.1) is 0 Å². The minimum absolute atomic E-state index is 0.155. The van der Waals surface area contributed by atoms with Crippen molar-refractivity contribution in [2.75, 3.05) is 25.6 Å². The third kappa shape index (κ3) is 5.33. The second-order valence-corrected chi connectivity index (χ2v) is 4.53. The Bertz CT molecular complexity index is 329. The van der Waals surface area contributed by atoms with Crippen molar-refractivity contribution >= 4 is 21.8 Å². The summed E-state index contributed by atoms with van der Waals surface area (Å²) in [4.78, 5) is 13.7. The number of alkyl halides is 1. The van der Waals surface area contributed by atoms with Crippen LogP contribution in [0.4, 0.5) is 0 Å². The summed E-state index contributed by atoms with van der Waals surface area (Å²) in [6.07, 6.45) is 0.524. The quantitative estimate of drug-likeness (QED) is 0.724. The topological polar surface area (TPSA) is 29.5 Å². The molecule has 0 radical (unpaired) electrons. The fourth-order valence-corrected chi connectivity index (χ4v) is 1.88. The highest BCUT2D eigenvalue weighted by atomic mass is 79.9. The average molecular weight is 300 g/mol. The molecule has 0 fully saturated rings. The highest BCUT2D eigenvalue weighted by Gasteiger charge is 2.12. The van der Waals surface area contributed by atoms with Gasteiger partial charge in [-0.05, 0) is 5.56 Å². The molecular formula is C13H18BrNO2. The van der Waals surface area contributed by atoms with Crippen molar-refractivity contribution in [2.24, 2.45) is 0 Å². The highest BCUT2D eigenvalue weighted by Crippen LogP contribution is 2.06. The molecule has 3 nitrogen and oxygen atoms in total. The zero-order valence-electron chi connectivity index (χ0n) is 10.1. The normalized spacial score (nSPS) is 10.2. The molecule has 1 rings (SSSR count). The number of carbonyl (C=O) groups is 1. The summed E-state index contributed by atoms with van der Waals surface area (Å²) in [6.45, 7) is 1.86. The van der Waals surface area contributed by atoms with Crippen LogP contribution in [0.1, 0.15) is 12.0 Å². The third-order valence-electron chi connectivity index (χ3n) is 2.44. The molecule has 1 aromatic carbocycles. The first-order chi connectivity index (χ1) is 8.27. The third-order valence-corrected chi connectivity index (χ3v) is 2.84. The van der Waals surface area contributed by atoms with Gasteiger partial charge in [0.25, 0.3) is 0 Å². The fourth-order valence-electron chi connectivity index (χ4n) is 1.54. The molecule has 1 aromatic rings. The van der Waals surface area contributed by atoms with Crippen LogP contribution in [0.5, 0.6) is 0 Å². The van der Waals surface area contributed by atoms with Crippen molar-refractivity contribution in [2.45, 2.75) is 13.0 Å². The number of hydrogen-bond donors (Lipinski definition) is 0. The van der Waals surface area contributed by atoms with Gasteiger partial charge in [-0.15, -0.1) is 0 Å². The first-order valence-corrected chi connectivity index (χ1v) is 6.76. The molecule has 0 bridgehead atoms. The summed E-state index contributed by atoms with van der Waals surface area (Å²) >= 11 is 3.29. The molecule has 4 heteroatoms. The maximum atomic E-state index is 11.9. The minimum Gasteiger partial charge on any atom is -0.383 e. The van der Waals surface area contributed by atoms with Crippen molar-refractivity contribution in [3.8, 4) is 0 Å². The number of methoxy groups -OCH3 is 1. The van der Waals surface area contributed by atoms with Crippen LogP contribution >= 0.6 is 15.9 Å². The zero-order chi connectivity index (χ0) is 12.5. The number of carbonyl (C=O) groups excluding carboxylic acids is 1. The van der Waals surface area contributed by atoms with Crippen molar-refractivity contribution in [3.05, 3.63) is 35.9 Å². The van der Waals surface area contributed by atoms with E-state index in [-0.39, 0.29) is 5.91 Å². The maximum absolute atomic E-state index is 11.9. The zero-order valence-corrected chi connectivity index (χ0v) is 11.6. The Morgan fingerprint density at radius 3 is 2.65 bits per heavy atom. The van der Waals surface area contributed by atoms with E-state index in [4.69, 9.17) is 4.74 Å². The second-order valence-electron chi connectivity index (χ2n) is 3.73. The van der Waals surface area contributed by atoms with Gasteiger partial charge in [0.1, 0.15) is 0 Å². The molecule has 0 aromatic heterocycles. The van der Waals surface area contributed by atoms with Crippen LogP contribution in [0.2, 0.25) is 0 Å². The van der Waals surface area contributed by atoms with Crippen molar-refractivity contribution in [3.63, 3.8) is 0 Å². The lowest BCUT2D eigenvalue weighted by Gasteiger charge is -2.22. The molecule has 17 heavy (non-hydrogen) atoms. The van der Waals surface area contributed by atoms with Crippen molar-refractivity contribution in [1.82, 2.24) is 4.90 Å². The predicted molar refractivity (Wildman–Crippen MR) is 72.1 cm³/mol. The average Bonchev–Trinajstić information content (AvgIpc) is 2.36. The number of amides is 1.